The monoisotopic (exact) mass is 305 g/mol. The van der Waals surface area contributed by atoms with Gasteiger partial charge in [0, 0.05) is 17.7 Å². The Labute approximate surface area is 131 Å². The van der Waals surface area contributed by atoms with Gasteiger partial charge in [0.25, 0.3) is 5.69 Å². The van der Waals surface area contributed by atoms with Crippen molar-refractivity contribution in [2.75, 3.05) is 0 Å². The second-order valence-electron chi connectivity index (χ2n) is 4.79. The Morgan fingerprint density at radius 2 is 1.87 bits per heavy atom. The number of nitro benzene ring substituents is 1. The van der Waals surface area contributed by atoms with E-state index >= 15 is 0 Å². The van der Waals surface area contributed by atoms with Crippen LogP contribution in [0.4, 0.5) is 5.69 Å². The number of rotatable bonds is 4. The molecule has 0 aliphatic carbocycles. The molecule has 6 nitrogen and oxygen atoms in total. The second kappa shape index (κ2) is 6.15. The smallest absolute Gasteiger partial charge is 0.270 e. The molecule has 0 aliphatic rings. The zero-order valence-electron chi connectivity index (χ0n) is 11.9. The Kier molecular flexibility index (Phi) is 3.88. The summed E-state index contributed by atoms with van der Waals surface area (Å²) in [6.45, 7) is 0. The second-order valence-corrected chi connectivity index (χ2v) is 4.79. The number of hydrogen-bond donors (Lipinski definition) is 0. The minimum atomic E-state index is -0.532. The average molecular weight is 305 g/mol. The summed E-state index contributed by atoms with van der Waals surface area (Å²) >= 11 is 0. The molecule has 3 rings (SSSR count). The van der Waals surface area contributed by atoms with E-state index in [2.05, 4.69) is 9.97 Å². The number of nitro groups is 1. The van der Waals surface area contributed by atoms with E-state index in [-0.39, 0.29) is 17.0 Å². The summed E-state index contributed by atoms with van der Waals surface area (Å²) in [4.78, 5) is 30.9. The maximum atomic E-state index is 12.1. The maximum Gasteiger partial charge on any atom is 0.270 e. The standard InChI is InChI=1S/C17H11N3O3/c21-17(12-4-3-5-14(10-12)20(22)23)9-8-13-11-18-15-6-1-2-7-16(15)19-13/h1-11H/b9-8+. The highest BCUT2D eigenvalue weighted by molar-refractivity contribution is 6.07. The van der Waals surface area contributed by atoms with E-state index in [1.54, 1.807) is 12.3 Å². The van der Waals surface area contributed by atoms with Gasteiger partial charge >= 0.3 is 0 Å². The molecule has 2 aromatic carbocycles. The summed E-state index contributed by atoms with van der Waals surface area (Å²) in [6, 6.07) is 13.0. The summed E-state index contributed by atoms with van der Waals surface area (Å²) in [7, 11) is 0. The zero-order valence-corrected chi connectivity index (χ0v) is 11.9. The van der Waals surface area contributed by atoms with Crippen LogP contribution in [-0.2, 0) is 0 Å². The number of benzene rings is 2. The predicted octanol–water partition coefficient (Wildman–Crippen LogP) is 3.43. The molecule has 0 amide bonds. The molecular weight excluding hydrogens is 294 g/mol. The van der Waals surface area contributed by atoms with Gasteiger partial charge in [-0.15, -0.1) is 0 Å². The number of carbonyl (C=O) groups is 1. The third kappa shape index (κ3) is 3.26. The van der Waals surface area contributed by atoms with E-state index in [4.69, 9.17) is 0 Å². The van der Waals surface area contributed by atoms with E-state index in [9.17, 15) is 14.9 Å². The minimum Gasteiger partial charge on any atom is -0.289 e. The zero-order chi connectivity index (χ0) is 16.2. The molecule has 112 valence electrons. The molecule has 0 N–H and O–H groups in total. The Bertz CT molecular complexity index is 935. The molecule has 1 aromatic heterocycles. The van der Waals surface area contributed by atoms with Crippen LogP contribution in [0.5, 0.6) is 0 Å². The summed E-state index contributed by atoms with van der Waals surface area (Å²) in [5.41, 5.74) is 2.19. The van der Waals surface area contributed by atoms with Gasteiger partial charge in [0.2, 0.25) is 0 Å². The lowest BCUT2D eigenvalue weighted by Crippen LogP contribution is -1.96. The Morgan fingerprint density at radius 1 is 1.09 bits per heavy atom. The van der Waals surface area contributed by atoms with Crippen molar-refractivity contribution in [3.05, 3.63) is 82.2 Å². The van der Waals surface area contributed by atoms with E-state index in [0.29, 0.717) is 5.69 Å². The Morgan fingerprint density at radius 3 is 2.65 bits per heavy atom. The van der Waals surface area contributed by atoms with Gasteiger partial charge in [-0.25, -0.2) is 4.98 Å². The third-order valence-corrected chi connectivity index (χ3v) is 3.21. The maximum absolute atomic E-state index is 12.1. The fraction of sp³-hybridized carbons (Fsp3) is 0. The van der Waals surface area contributed by atoms with Crippen LogP contribution in [0.25, 0.3) is 17.1 Å². The first-order chi connectivity index (χ1) is 11.1. The quantitative estimate of drug-likeness (QED) is 0.319. The van der Waals surface area contributed by atoms with E-state index in [1.807, 2.05) is 24.3 Å². The average Bonchev–Trinajstić information content (AvgIpc) is 2.59. The molecule has 0 bridgehead atoms. The van der Waals surface area contributed by atoms with Crippen molar-refractivity contribution >= 4 is 28.6 Å². The van der Waals surface area contributed by atoms with Crippen LogP contribution in [0.15, 0.2) is 60.8 Å². The fourth-order valence-corrected chi connectivity index (χ4v) is 2.08. The van der Waals surface area contributed by atoms with E-state index in [1.165, 1.54) is 30.3 Å². The molecule has 0 saturated carbocycles. The van der Waals surface area contributed by atoms with Gasteiger partial charge in [-0.3, -0.25) is 19.9 Å². The normalized spacial score (nSPS) is 11.0. The number of hydrogen-bond acceptors (Lipinski definition) is 5. The van der Waals surface area contributed by atoms with Crippen molar-refractivity contribution in [1.29, 1.82) is 0 Å². The van der Waals surface area contributed by atoms with Crippen LogP contribution in [0.1, 0.15) is 16.1 Å². The first-order valence-electron chi connectivity index (χ1n) is 6.82. The number of aromatic nitrogens is 2. The van der Waals surface area contributed by atoms with Crippen LogP contribution in [0, 0.1) is 10.1 Å². The number of non-ortho nitro benzene ring substituents is 1. The van der Waals surface area contributed by atoms with Crippen molar-refractivity contribution in [2.24, 2.45) is 0 Å². The van der Waals surface area contributed by atoms with Crippen LogP contribution in [-0.4, -0.2) is 20.7 Å². The summed E-state index contributed by atoms with van der Waals surface area (Å²) in [5, 5.41) is 10.7. The van der Waals surface area contributed by atoms with Gasteiger partial charge in [0.15, 0.2) is 5.78 Å². The number of para-hydroxylation sites is 2. The Hall–Kier alpha value is -3.41. The number of allylic oxidation sites excluding steroid dienone is 1. The van der Waals surface area contributed by atoms with Gasteiger partial charge < -0.3 is 0 Å². The highest BCUT2D eigenvalue weighted by Gasteiger charge is 2.09. The van der Waals surface area contributed by atoms with Gasteiger partial charge in [0.05, 0.1) is 27.8 Å². The molecule has 3 aromatic rings. The minimum absolute atomic E-state index is 0.116. The summed E-state index contributed by atoms with van der Waals surface area (Å²) in [5.74, 6) is -0.330. The molecule has 0 radical (unpaired) electrons. The van der Waals surface area contributed by atoms with Gasteiger partial charge in [-0.1, -0.05) is 24.3 Å². The highest BCUT2D eigenvalue weighted by atomic mass is 16.6. The first-order valence-corrected chi connectivity index (χ1v) is 6.82. The molecule has 0 atom stereocenters. The van der Waals surface area contributed by atoms with Crippen molar-refractivity contribution in [3.63, 3.8) is 0 Å². The molecule has 23 heavy (non-hydrogen) atoms. The topological polar surface area (TPSA) is 86.0 Å². The largest absolute Gasteiger partial charge is 0.289 e. The molecule has 0 aliphatic heterocycles. The van der Waals surface area contributed by atoms with E-state index < -0.39 is 4.92 Å². The lowest BCUT2D eigenvalue weighted by molar-refractivity contribution is -0.384. The predicted molar refractivity (Wildman–Crippen MR) is 86.0 cm³/mol. The lowest BCUT2D eigenvalue weighted by atomic mass is 10.1. The third-order valence-electron chi connectivity index (χ3n) is 3.21. The summed E-state index contributed by atoms with van der Waals surface area (Å²) < 4.78 is 0. The van der Waals surface area contributed by atoms with Gasteiger partial charge in [-0.2, -0.15) is 0 Å². The van der Waals surface area contributed by atoms with Crippen LogP contribution >= 0.6 is 0 Å². The molecule has 0 saturated heterocycles. The van der Waals surface area contributed by atoms with Gasteiger partial charge in [0.1, 0.15) is 0 Å². The fourth-order valence-electron chi connectivity index (χ4n) is 2.08. The van der Waals surface area contributed by atoms with Gasteiger partial charge in [-0.05, 0) is 24.3 Å². The van der Waals surface area contributed by atoms with Crippen LogP contribution in [0.3, 0.4) is 0 Å². The summed E-state index contributed by atoms with van der Waals surface area (Å²) in [6.07, 6.45) is 4.44. The highest BCUT2D eigenvalue weighted by Crippen LogP contribution is 2.14. The molecule has 1 heterocycles. The van der Waals surface area contributed by atoms with Crippen LogP contribution < -0.4 is 0 Å². The number of ketones is 1. The van der Waals surface area contributed by atoms with E-state index in [0.717, 1.165) is 11.0 Å². The number of nitrogens with zero attached hydrogens (tertiary/aromatic N) is 3. The molecule has 0 fully saturated rings. The number of carbonyl (C=O) groups excluding carboxylic acids is 1. The lowest BCUT2D eigenvalue weighted by Gasteiger charge is -1.98. The van der Waals surface area contributed by atoms with Crippen LogP contribution in [0.2, 0.25) is 0 Å². The molecule has 6 heteroatoms. The Balaban J connectivity index is 1.84. The molecule has 0 spiro atoms. The SMILES string of the molecule is O=C(/C=C/c1cnc2ccccc2n1)c1cccc([N+](=O)[O-])c1. The van der Waals surface area contributed by atoms with Crippen molar-refractivity contribution in [3.8, 4) is 0 Å². The van der Waals surface area contributed by atoms with Crippen molar-refractivity contribution in [2.45, 2.75) is 0 Å². The van der Waals surface area contributed by atoms with Crippen molar-refractivity contribution < 1.29 is 9.72 Å². The first kappa shape index (κ1) is 14.5. The number of fused-ring (bicyclic) bond motifs is 1. The molecule has 0 unspecified atom stereocenters. The van der Waals surface area contributed by atoms with Crippen molar-refractivity contribution in [1.82, 2.24) is 9.97 Å². The molecular formula is C17H11N3O3.